The van der Waals surface area contributed by atoms with Gasteiger partial charge < -0.3 is 4.79 Å². The lowest BCUT2D eigenvalue weighted by Crippen LogP contribution is -2.38. The highest BCUT2D eigenvalue weighted by molar-refractivity contribution is 5.56. The van der Waals surface area contributed by atoms with Crippen molar-refractivity contribution in [1.29, 1.82) is 0 Å². The van der Waals surface area contributed by atoms with Crippen LogP contribution < -0.4 is 0 Å². The molecule has 12 heavy (non-hydrogen) atoms. The highest BCUT2D eigenvalue weighted by Crippen LogP contribution is 2.40. The number of hydrogen-bond acceptors (Lipinski definition) is 3. The zero-order valence-electron chi connectivity index (χ0n) is 7.12. The van der Waals surface area contributed by atoms with Crippen LogP contribution in [0.1, 0.15) is 32.1 Å². The average molecular weight is 170 g/mol. The van der Waals surface area contributed by atoms with Crippen LogP contribution in [0.4, 0.5) is 0 Å². The Morgan fingerprint density at radius 3 is 2.67 bits per heavy atom. The van der Waals surface area contributed by atoms with Crippen LogP contribution in [0, 0.1) is 5.92 Å². The lowest BCUT2D eigenvalue weighted by Gasteiger charge is -2.32. The van der Waals surface area contributed by atoms with E-state index in [4.69, 9.17) is 9.78 Å². The molecule has 2 rings (SSSR count). The van der Waals surface area contributed by atoms with Crippen LogP contribution in [0.15, 0.2) is 0 Å². The van der Waals surface area contributed by atoms with Gasteiger partial charge in [0, 0.05) is 0 Å². The summed E-state index contributed by atoms with van der Waals surface area (Å²) >= 11 is 0. The molecule has 1 spiro atoms. The van der Waals surface area contributed by atoms with Crippen molar-refractivity contribution in [2.75, 3.05) is 6.61 Å². The third kappa shape index (κ3) is 1.17. The van der Waals surface area contributed by atoms with Crippen LogP contribution in [-0.2, 0) is 14.6 Å². The smallest absolute Gasteiger partial charge is 0.128 e. The Balaban J connectivity index is 2.10. The SMILES string of the molecule is O=CC1COOC12CCCCC2. The average Bonchev–Trinajstić information content (AvgIpc) is 2.49. The van der Waals surface area contributed by atoms with Crippen molar-refractivity contribution >= 4 is 6.29 Å². The fourth-order valence-electron chi connectivity index (χ4n) is 2.21. The van der Waals surface area contributed by atoms with Crippen molar-refractivity contribution in [3.63, 3.8) is 0 Å². The van der Waals surface area contributed by atoms with E-state index in [0.29, 0.717) is 6.61 Å². The number of rotatable bonds is 1. The van der Waals surface area contributed by atoms with Gasteiger partial charge in [0.2, 0.25) is 0 Å². The topological polar surface area (TPSA) is 35.5 Å². The maximum atomic E-state index is 10.7. The lowest BCUT2D eigenvalue weighted by molar-refractivity contribution is -0.315. The van der Waals surface area contributed by atoms with Gasteiger partial charge in [0.15, 0.2) is 0 Å². The molecule has 0 aromatic heterocycles. The van der Waals surface area contributed by atoms with Crippen molar-refractivity contribution in [3.05, 3.63) is 0 Å². The van der Waals surface area contributed by atoms with Crippen LogP contribution in [0.5, 0.6) is 0 Å². The molecule has 0 N–H and O–H groups in total. The van der Waals surface area contributed by atoms with E-state index >= 15 is 0 Å². The lowest BCUT2D eigenvalue weighted by atomic mass is 9.77. The standard InChI is InChI=1S/C9H14O3/c10-6-8-7-11-12-9(8)4-2-1-3-5-9/h6,8H,1-5,7H2. The molecule has 0 radical (unpaired) electrons. The largest absolute Gasteiger partial charge is 0.303 e. The third-order valence-corrected chi connectivity index (χ3v) is 3.01. The molecular formula is C9H14O3. The minimum absolute atomic E-state index is 0.0298. The maximum Gasteiger partial charge on any atom is 0.128 e. The van der Waals surface area contributed by atoms with Gasteiger partial charge in [0.1, 0.15) is 11.9 Å². The second kappa shape index (κ2) is 3.15. The molecule has 3 nitrogen and oxygen atoms in total. The summed E-state index contributed by atoms with van der Waals surface area (Å²) in [6.45, 7) is 0.448. The number of carbonyl (C=O) groups excluding carboxylic acids is 1. The van der Waals surface area contributed by atoms with Gasteiger partial charge in [0.05, 0.1) is 12.5 Å². The van der Waals surface area contributed by atoms with Gasteiger partial charge in [-0.25, -0.2) is 9.78 Å². The molecule has 0 aromatic rings. The van der Waals surface area contributed by atoms with Gasteiger partial charge in [0.25, 0.3) is 0 Å². The summed E-state index contributed by atoms with van der Waals surface area (Å²) in [5.41, 5.74) is -0.250. The maximum absolute atomic E-state index is 10.7. The summed E-state index contributed by atoms with van der Waals surface area (Å²) < 4.78 is 0. The summed E-state index contributed by atoms with van der Waals surface area (Å²) in [5.74, 6) is -0.0298. The summed E-state index contributed by atoms with van der Waals surface area (Å²) in [6, 6.07) is 0. The first-order valence-corrected chi connectivity index (χ1v) is 4.63. The van der Waals surface area contributed by atoms with E-state index in [1.54, 1.807) is 0 Å². The molecule has 1 heterocycles. The Morgan fingerprint density at radius 1 is 1.25 bits per heavy atom. The highest BCUT2D eigenvalue weighted by Gasteiger charge is 2.46. The predicted octanol–water partition coefficient (Wildman–Crippen LogP) is 1.47. The Morgan fingerprint density at radius 2 is 2.00 bits per heavy atom. The number of carbonyl (C=O) groups is 1. The van der Waals surface area contributed by atoms with Crippen molar-refractivity contribution < 1.29 is 14.6 Å². The normalized spacial score (nSPS) is 33.8. The van der Waals surface area contributed by atoms with E-state index in [1.807, 2.05) is 0 Å². The van der Waals surface area contributed by atoms with Gasteiger partial charge in [-0.3, -0.25) is 0 Å². The quantitative estimate of drug-likeness (QED) is 0.441. The van der Waals surface area contributed by atoms with Crippen LogP contribution in [-0.4, -0.2) is 18.5 Å². The van der Waals surface area contributed by atoms with Crippen molar-refractivity contribution in [3.8, 4) is 0 Å². The summed E-state index contributed by atoms with van der Waals surface area (Å²) in [5, 5.41) is 0. The molecule has 1 aliphatic carbocycles. The predicted molar refractivity (Wildman–Crippen MR) is 42.4 cm³/mol. The molecule has 2 aliphatic rings. The molecule has 0 amide bonds. The summed E-state index contributed by atoms with van der Waals surface area (Å²) in [7, 11) is 0. The molecule has 0 aromatic carbocycles. The van der Waals surface area contributed by atoms with E-state index in [-0.39, 0.29) is 11.5 Å². The first kappa shape index (κ1) is 8.20. The molecule has 1 unspecified atom stereocenters. The highest BCUT2D eigenvalue weighted by atomic mass is 17.2. The van der Waals surface area contributed by atoms with E-state index < -0.39 is 0 Å². The fourth-order valence-corrected chi connectivity index (χ4v) is 2.21. The van der Waals surface area contributed by atoms with Gasteiger partial charge in [-0.05, 0) is 12.8 Å². The van der Waals surface area contributed by atoms with Gasteiger partial charge in [-0.1, -0.05) is 19.3 Å². The van der Waals surface area contributed by atoms with Crippen molar-refractivity contribution in [1.82, 2.24) is 0 Å². The summed E-state index contributed by atoms with van der Waals surface area (Å²) in [6.07, 6.45) is 6.53. The molecule has 1 saturated heterocycles. The first-order chi connectivity index (χ1) is 5.87. The Labute approximate surface area is 72.0 Å². The number of aldehydes is 1. The monoisotopic (exact) mass is 170 g/mol. The molecule has 2 fully saturated rings. The zero-order chi connectivity index (χ0) is 8.44. The van der Waals surface area contributed by atoms with Crippen LogP contribution in [0.25, 0.3) is 0 Å². The minimum atomic E-state index is -0.250. The first-order valence-electron chi connectivity index (χ1n) is 4.63. The summed E-state index contributed by atoms with van der Waals surface area (Å²) in [4.78, 5) is 20.9. The number of hydrogen-bond donors (Lipinski definition) is 0. The van der Waals surface area contributed by atoms with Gasteiger partial charge in [-0.2, -0.15) is 0 Å². The van der Waals surface area contributed by atoms with E-state index in [1.165, 1.54) is 6.42 Å². The molecule has 1 aliphatic heterocycles. The Hall–Kier alpha value is -0.410. The van der Waals surface area contributed by atoms with E-state index in [0.717, 1.165) is 32.0 Å². The molecule has 1 atom stereocenters. The fraction of sp³-hybridized carbons (Fsp3) is 0.889. The van der Waals surface area contributed by atoms with Crippen molar-refractivity contribution in [2.45, 2.75) is 37.7 Å². The van der Waals surface area contributed by atoms with Crippen LogP contribution >= 0.6 is 0 Å². The van der Waals surface area contributed by atoms with Gasteiger partial charge >= 0.3 is 0 Å². The molecular weight excluding hydrogens is 156 g/mol. The molecule has 3 heteroatoms. The third-order valence-electron chi connectivity index (χ3n) is 3.01. The second-order valence-corrected chi connectivity index (χ2v) is 3.74. The Bertz CT molecular complexity index is 173. The molecule has 0 bridgehead atoms. The van der Waals surface area contributed by atoms with Crippen LogP contribution in [0.3, 0.4) is 0 Å². The molecule has 1 saturated carbocycles. The second-order valence-electron chi connectivity index (χ2n) is 3.74. The van der Waals surface area contributed by atoms with Crippen LogP contribution in [0.2, 0.25) is 0 Å². The minimum Gasteiger partial charge on any atom is -0.303 e. The van der Waals surface area contributed by atoms with Gasteiger partial charge in [-0.15, -0.1) is 0 Å². The van der Waals surface area contributed by atoms with Crippen molar-refractivity contribution in [2.24, 2.45) is 5.92 Å². The van der Waals surface area contributed by atoms with E-state index in [2.05, 4.69) is 0 Å². The zero-order valence-corrected chi connectivity index (χ0v) is 7.12. The molecule has 68 valence electrons. The Kier molecular flexibility index (Phi) is 2.15. The van der Waals surface area contributed by atoms with E-state index in [9.17, 15) is 4.79 Å².